The first-order valence-corrected chi connectivity index (χ1v) is 5.75. The van der Waals surface area contributed by atoms with Crippen LogP contribution in [0, 0.1) is 0 Å². The summed E-state index contributed by atoms with van der Waals surface area (Å²) in [7, 11) is 1.23. The molecule has 0 aliphatic rings. The SMILES string of the molecule is COc1c(C(C)CN)cc(Br)cc1C(F)(F)F. The van der Waals surface area contributed by atoms with Crippen molar-refractivity contribution in [2.75, 3.05) is 13.7 Å². The van der Waals surface area contributed by atoms with Gasteiger partial charge in [-0.1, -0.05) is 22.9 Å². The summed E-state index contributed by atoms with van der Waals surface area (Å²) in [4.78, 5) is 0. The van der Waals surface area contributed by atoms with E-state index in [2.05, 4.69) is 15.9 Å². The monoisotopic (exact) mass is 311 g/mol. The summed E-state index contributed by atoms with van der Waals surface area (Å²) in [5.41, 5.74) is 5.15. The minimum absolute atomic E-state index is 0.154. The van der Waals surface area contributed by atoms with Gasteiger partial charge in [-0.15, -0.1) is 0 Å². The summed E-state index contributed by atoms with van der Waals surface area (Å²) in [6.45, 7) is 2.01. The van der Waals surface area contributed by atoms with Crippen molar-refractivity contribution in [3.8, 4) is 5.75 Å². The van der Waals surface area contributed by atoms with Crippen molar-refractivity contribution >= 4 is 15.9 Å². The van der Waals surface area contributed by atoms with Gasteiger partial charge < -0.3 is 10.5 Å². The van der Waals surface area contributed by atoms with E-state index in [0.717, 1.165) is 6.07 Å². The predicted octanol–water partition coefficient (Wildman–Crippen LogP) is 3.54. The zero-order valence-corrected chi connectivity index (χ0v) is 11.0. The van der Waals surface area contributed by atoms with Crippen molar-refractivity contribution in [3.63, 3.8) is 0 Å². The summed E-state index contributed by atoms with van der Waals surface area (Å²) in [6, 6.07) is 2.61. The van der Waals surface area contributed by atoms with E-state index >= 15 is 0 Å². The number of hydrogen-bond donors (Lipinski definition) is 1. The highest BCUT2D eigenvalue weighted by Crippen LogP contribution is 2.42. The minimum Gasteiger partial charge on any atom is -0.496 e. The number of methoxy groups -OCH3 is 1. The van der Waals surface area contributed by atoms with Crippen LogP contribution in [0.5, 0.6) is 5.75 Å². The largest absolute Gasteiger partial charge is 0.496 e. The molecule has 1 rings (SSSR count). The number of rotatable bonds is 3. The van der Waals surface area contributed by atoms with E-state index in [4.69, 9.17) is 10.5 Å². The van der Waals surface area contributed by atoms with E-state index in [1.54, 1.807) is 13.0 Å². The molecule has 0 saturated heterocycles. The molecule has 0 aromatic heterocycles. The molecule has 0 radical (unpaired) electrons. The number of alkyl halides is 3. The van der Waals surface area contributed by atoms with Crippen LogP contribution in [-0.2, 0) is 6.18 Å². The van der Waals surface area contributed by atoms with E-state index in [0.29, 0.717) is 10.0 Å². The maximum atomic E-state index is 12.8. The number of hydrogen-bond acceptors (Lipinski definition) is 2. The predicted molar refractivity (Wildman–Crippen MR) is 63.2 cm³/mol. The van der Waals surface area contributed by atoms with Gasteiger partial charge >= 0.3 is 6.18 Å². The number of ether oxygens (including phenoxy) is 1. The molecule has 1 aromatic carbocycles. The third-order valence-corrected chi connectivity index (χ3v) is 2.93. The second kappa shape index (κ2) is 5.27. The lowest BCUT2D eigenvalue weighted by Crippen LogP contribution is -2.14. The molecular formula is C11H13BrF3NO. The summed E-state index contributed by atoms with van der Waals surface area (Å²) in [5, 5.41) is 0. The summed E-state index contributed by atoms with van der Waals surface area (Å²) in [5.74, 6) is -0.359. The zero-order chi connectivity index (χ0) is 13.2. The van der Waals surface area contributed by atoms with E-state index in [9.17, 15) is 13.2 Å². The minimum atomic E-state index is -4.45. The Labute approximate surface area is 106 Å². The Hall–Kier alpha value is -0.750. The smallest absolute Gasteiger partial charge is 0.420 e. The first-order chi connectivity index (χ1) is 7.81. The summed E-state index contributed by atoms with van der Waals surface area (Å²) >= 11 is 3.07. The Morgan fingerprint density at radius 1 is 1.41 bits per heavy atom. The van der Waals surface area contributed by atoms with Crippen LogP contribution in [0.3, 0.4) is 0 Å². The van der Waals surface area contributed by atoms with Crippen LogP contribution >= 0.6 is 15.9 Å². The molecule has 1 aromatic rings. The van der Waals surface area contributed by atoms with Crippen molar-refractivity contribution in [1.29, 1.82) is 0 Å². The molecule has 0 aliphatic heterocycles. The van der Waals surface area contributed by atoms with Gasteiger partial charge in [0.25, 0.3) is 0 Å². The molecule has 0 amide bonds. The van der Waals surface area contributed by atoms with E-state index in [1.807, 2.05) is 0 Å². The van der Waals surface area contributed by atoms with Gasteiger partial charge in [-0.05, 0) is 30.2 Å². The maximum absolute atomic E-state index is 12.8. The average molecular weight is 312 g/mol. The topological polar surface area (TPSA) is 35.2 Å². The average Bonchev–Trinajstić information content (AvgIpc) is 2.25. The fourth-order valence-electron chi connectivity index (χ4n) is 1.55. The molecule has 0 bridgehead atoms. The van der Waals surface area contributed by atoms with Gasteiger partial charge in [-0.3, -0.25) is 0 Å². The van der Waals surface area contributed by atoms with Crippen LogP contribution in [-0.4, -0.2) is 13.7 Å². The lowest BCUT2D eigenvalue weighted by Gasteiger charge is -2.19. The van der Waals surface area contributed by atoms with E-state index < -0.39 is 11.7 Å². The third-order valence-electron chi connectivity index (χ3n) is 2.48. The van der Waals surface area contributed by atoms with Crippen molar-refractivity contribution in [3.05, 3.63) is 27.7 Å². The van der Waals surface area contributed by atoms with Crippen molar-refractivity contribution in [1.82, 2.24) is 0 Å². The molecular weight excluding hydrogens is 299 g/mol. The van der Waals surface area contributed by atoms with Crippen LogP contribution in [0.4, 0.5) is 13.2 Å². The summed E-state index contributed by atoms with van der Waals surface area (Å²) < 4.78 is 43.7. The molecule has 96 valence electrons. The Balaban J connectivity index is 3.46. The van der Waals surface area contributed by atoms with Crippen molar-refractivity contribution in [2.24, 2.45) is 5.73 Å². The summed E-state index contributed by atoms with van der Waals surface area (Å²) in [6.07, 6.45) is -4.45. The fourth-order valence-corrected chi connectivity index (χ4v) is 2.02. The van der Waals surface area contributed by atoms with Crippen LogP contribution in [0.25, 0.3) is 0 Å². The molecule has 2 nitrogen and oxygen atoms in total. The van der Waals surface area contributed by atoms with Gasteiger partial charge in [-0.2, -0.15) is 13.2 Å². The van der Waals surface area contributed by atoms with Gasteiger partial charge in [0.1, 0.15) is 5.75 Å². The first kappa shape index (κ1) is 14.3. The van der Waals surface area contributed by atoms with Gasteiger partial charge in [0, 0.05) is 4.47 Å². The standard InChI is InChI=1S/C11H13BrF3NO/c1-6(5-16)8-3-7(12)4-9(10(8)17-2)11(13,14)15/h3-4,6H,5,16H2,1-2H3. The van der Waals surface area contributed by atoms with Crippen LogP contribution in [0.2, 0.25) is 0 Å². The van der Waals surface area contributed by atoms with Crippen molar-refractivity contribution < 1.29 is 17.9 Å². The molecule has 6 heteroatoms. The molecule has 1 atom stereocenters. The van der Waals surface area contributed by atoms with Crippen molar-refractivity contribution in [2.45, 2.75) is 19.0 Å². The number of halogens is 4. The molecule has 0 fully saturated rings. The second-order valence-electron chi connectivity index (χ2n) is 3.71. The number of nitrogens with two attached hydrogens (primary N) is 1. The maximum Gasteiger partial charge on any atom is 0.420 e. The highest BCUT2D eigenvalue weighted by atomic mass is 79.9. The van der Waals surface area contributed by atoms with E-state index in [1.165, 1.54) is 7.11 Å². The normalized spacial score (nSPS) is 13.6. The lowest BCUT2D eigenvalue weighted by molar-refractivity contribution is -0.138. The van der Waals surface area contributed by atoms with Gasteiger partial charge in [0.05, 0.1) is 12.7 Å². The Morgan fingerprint density at radius 2 is 2.00 bits per heavy atom. The van der Waals surface area contributed by atoms with Crippen LogP contribution in [0.15, 0.2) is 16.6 Å². The molecule has 2 N–H and O–H groups in total. The molecule has 1 unspecified atom stereocenters. The molecule has 0 aliphatic carbocycles. The second-order valence-corrected chi connectivity index (χ2v) is 4.63. The van der Waals surface area contributed by atoms with E-state index in [-0.39, 0.29) is 18.2 Å². The number of benzene rings is 1. The quantitative estimate of drug-likeness (QED) is 0.926. The van der Waals surface area contributed by atoms with Gasteiger partial charge in [0.15, 0.2) is 0 Å². The Morgan fingerprint density at radius 3 is 2.41 bits per heavy atom. The third kappa shape index (κ3) is 3.13. The van der Waals surface area contributed by atoms with Gasteiger partial charge in [-0.25, -0.2) is 0 Å². The Kier molecular flexibility index (Phi) is 4.43. The lowest BCUT2D eigenvalue weighted by atomic mass is 9.97. The molecule has 0 saturated carbocycles. The molecule has 0 heterocycles. The zero-order valence-electron chi connectivity index (χ0n) is 9.44. The first-order valence-electron chi connectivity index (χ1n) is 4.96. The van der Waals surface area contributed by atoms with Crippen LogP contribution < -0.4 is 10.5 Å². The fraction of sp³-hybridized carbons (Fsp3) is 0.455. The molecule has 17 heavy (non-hydrogen) atoms. The highest BCUT2D eigenvalue weighted by Gasteiger charge is 2.36. The van der Waals surface area contributed by atoms with Gasteiger partial charge in [0.2, 0.25) is 0 Å². The van der Waals surface area contributed by atoms with Crippen LogP contribution in [0.1, 0.15) is 24.0 Å². The highest BCUT2D eigenvalue weighted by molar-refractivity contribution is 9.10. The molecule has 0 spiro atoms. The Bertz CT molecular complexity index is 406.